The molecule has 0 saturated carbocycles. The number of piperidine rings is 1. The van der Waals surface area contributed by atoms with Crippen molar-refractivity contribution in [3.8, 4) is 5.88 Å². The van der Waals surface area contributed by atoms with Crippen molar-refractivity contribution >= 4 is 11.2 Å². The number of hydrogen-bond donors (Lipinski definition) is 2. The van der Waals surface area contributed by atoms with Gasteiger partial charge in [-0.25, -0.2) is 4.98 Å². The first-order chi connectivity index (χ1) is 10.1. The topological polar surface area (TPSA) is 62.8 Å². The summed E-state index contributed by atoms with van der Waals surface area (Å²) in [6.07, 6.45) is 2.48. The number of aromatic nitrogens is 3. The largest absolute Gasteiger partial charge is 0.478 e. The number of aromatic amines is 1. The van der Waals surface area contributed by atoms with E-state index >= 15 is 0 Å². The molecule has 2 aromatic heterocycles. The lowest BCUT2D eigenvalue weighted by Crippen LogP contribution is -2.41. The molecule has 0 bridgehead atoms. The fraction of sp³-hybridized carbons (Fsp3) is 0.625. The average Bonchev–Trinajstić information content (AvgIpc) is 2.92. The fourth-order valence-corrected chi connectivity index (χ4v) is 3.07. The Balaban J connectivity index is 1.92. The van der Waals surface area contributed by atoms with Crippen molar-refractivity contribution in [3.63, 3.8) is 0 Å². The molecule has 0 amide bonds. The Kier molecular flexibility index (Phi) is 3.85. The molecule has 21 heavy (non-hydrogen) atoms. The highest BCUT2D eigenvalue weighted by Gasteiger charge is 2.35. The summed E-state index contributed by atoms with van der Waals surface area (Å²) >= 11 is 0. The quantitative estimate of drug-likeness (QED) is 0.908. The van der Waals surface area contributed by atoms with Crippen molar-refractivity contribution in [2.75, 3.05) is 19.7 Å². The summed E-state index contributed by atoms with van der Waals surface area (Å²) in [6.45, 7) is 9.31. The molecule has 5 heteroatoms. The van der Waals surface area contributed by atoms with Gasteiger partial charge in [0, 0.05) is 11.5 Å². The molecule has 5 nitrogen and oxygen atoms in total. The highest BCUT2D eigenvalue weighted by atomic mass is 16.5. The van der Waals surface area contributed by atoms with Crippen molar-refractivity contribution < 1.29 is 4.74 Å². The van der Waals surface area contributed by atoms with Crippen LogP contribution in [0.4, 0.5) is 0 Å². The van der Waals surface area contributed by atoms with Crippen LogP contribution in [-0.2, 0) is 5.41 Å². The molecule has 1 aliphatic rings. The zero-order chi connectivity index (χ0) is 14.9. The first-order valence-corrected chi connectivity index (χ1v) is 7.82. The maximum atomic E-state index is 5.45. The summed E-state index contributed by atoms with van der Waals surface area (Å²) in [5, 5.41) is 3.49. The normalized spacial score (nSPS) is 19.9. The number of nitrogens with zero attached hydrogens (tertiary/aromatic N) is 2. The van der Waals surface area contributed by atoms with Crippen LogP contribution in [0.5, 0.6) is 5.88 Å². The molecule has 1 fully saturated rings. The first-order valence-electron chi connectivity index (χ1n) is 7.82. The van der Waals surface area contributed by atoms with Crippen LogP contribution in [0.2, 0.25) is 0 Å². The second-order valence-corrected chi connectivity index (χ2v) is 6.30. The molecule has 0 aliphatic carbocycles. The first kappa shape index (κ1) is 14.3. The monoisotopic (exact) mass is 288 g/mol. The van der Waals surface area contributed by atoms with E-state index in [0.29, 0.717) is 18.4 Å². The van der Waals surface area contributed by atoms with Gasteiger partial charge in [0.1, 0.15) is 5.82 Å². The van der Waals surface area contributed by atoms with E-state index in [0.717, 1.165) is 30.1 Å². The number of imidazole rings is 1. The Bertz CT molecular complexity index is 614. The third-order valence-electron chi connectivity index (χ3n) is 4.54. The Labute approximate surface area is 125 Å². The van der Waals surface area contributed by atoms with Crippen LogP contribution in [0.15, 0.2) is 12.1 Å². The third-order valence-corrected chi connectivity index (χ3v) is 4.54. The van der Waals surface area contributed by atoms with Crippen LogP contribution < -0.4 is 10.1 Å². The van der Waals surface area contributed by atoms with E-state index in [1.54, 1.807) is 0 Å². The SMILES string of the molecule is CCOc1ccc2[nH]c(C(C)(C)C3CCCNC3)nc2n1. The van der Waals surface area contributed by atoms with E-state index < -0.39 is 0 Å². The van der Waals surface area contributed by atoms with Crippen molar-refractivity contribution in [2.45, 2.75) is 39.0 Å². The van der Waals surface area contributed by atoms with Gasteiger partial charge >= 0.3 is 0 Å². The van der Waals surface area contributed by atoms with Crippen LogP contribution in [0.1, 0.15) is 39.4 Å². The number of nitrogens with one attached hydrogen (secondary N) is 2. The van der Waals surface area contributed by atoms with Gasteiger partial charge in [0.15, 0.2) is 5.65 Å². The predicted molar refractivity (Wildman–Crippen MR) is 83.7 cm³/mol. The molecular formula is C16H24N4O. The third kappa shape index (κ3) is 2.75. The van der Waals surface area contributed by atoms with Crippen molar-refractivity contribution in [2.24, 2.45) is 5.92 Å². The zero-order valence-corrected chi connectivity index (χ0v) is 13.1. The Morgan fingerprint density at radius 1 is 1.33 bits per heavy atom. The number of H-pyrrole nitrogens is 1. The van der Waals surface area contributed by atoms with Gasteiger partial charge < -0.3 is 15.0 Å². The van der Waals surface area contributed by atoms with Gasteiger partial charge in [-0.1, -0.05) is 13.8 Å². The summed E-state index contributed by atoms with van der Waals surface area (Å²) in [4.78, 5) is 12.6. The number of pyridine rings is 1. The lowest BCUT2D eigenvalue weighted by Gasteiger charge is -2.35. The molecule has 1 saturated heterocycles. The summed E-state index contributed by atoms with van der Waals surface area (Å²) in [6, 6.07) is 3.89. The minimum Gasteiger partial charge on any atom is -0.478 e. The van der Waals surface area contributed by atoms with Gasteiger partial charge in [0.25, 0.3) is 0 Å². The molecule has 0 radical (unpaired) electrons. The molecular weight excluding hydrogens is 264 g/mol. The van der Waals surface area contributed by atoms with Gasteiger partial charge in [-0.15, -0.1) is 0 Å². The number of rotatable bonds is 4. The Hall–Kier alpha value is -1.62. The van der Waals surface area contributed by atoms with E-state index in [-0.39, 0.29) is 5.41 Å². The molecule has 1 aliphatic heterocycles. The average molecular weight is 288 g/mol. The van der Waals surface area contributed by atoms with E-state index in [1.807, 2.05) is 19.1 Å². The van der Waals surface area contributed by atoms with E-state index in [1.165, 1.54) is 12.8 Å². The molecule has 1 atom stereocenters. The van der Waals surface area contributed by atoms with Gasteiger partial charge in [0.2, 0.25) is 5.88 Å². The highest BCUT2D eigenvalue weighted by molar-refractivity contribution is 5.71. The molecule has 0 aromatic carbocycles. The predicted octanol–water partition coefficient (Wildman–Crippen LogP) is 2.63. The van der Waals surface area contributed by atoms with Gasteiger partial charge in [-0.05, 0) is 44.8 Å². The second kappa shape index (κ2) is 5.64. The molecule has 2 aromatic rings. The van der Waals surface area contributed by atoms with Crippen LogP contribution in [0.25, 0.3) is 11.2 Å². The summed E-state index contributed by atoms with van der Waals surface area (Å²) in [5.74, 6) is 2.26. The maximum Gasteiger partial charge on any atom is 0.215 e. The van der Waals surface area contributed by atoms with Crippen LogP contribution in [0, 0.1) is 5.92 Å². The minimum absolute atomic E-state index is 0.0138. The van der Waals surface area contributed by atoms with Crippen LogP contribution >= 0.6 is 0 Å². The molecule has 0 spiro atoms. The molecule has 3 rings (SSSR count). The second-order valence-electron chi connectivity index (χ2n) is 6.30. The summed E-state index contributed by atoms with van der Waals surface area (Å²) in [5.41, 5.74) is 1.73. The van der Waals surface area contributed by atoms with Crippen LogP contribution in [-0.4, -0.2) is 34.6 Å². The maximum absolute atomic E-state index is 5.45. The number of hydrogen-bond acceptors (Lipinski definition) is 4. The minimum atomic E-state index is 0.0138. The van der Waals surface area contributed by atoms with Gasteiger partial charge in [-0.3, -0.25) is 0 Å². The lowest BCUT2D eigenvalue weighted by atomic mass is 9.74. The Morgan fingerprint density at radius 2 is 2.19 bits per heavy atom. The van der Waals surface area contributed by atoms with E-state index in [2.05, 4.69) is 29.1 Å². The van der Waals surface area contributed by atoms with E-state index in [4.69, 9.17) is 9.72 Å². The molecule has 2 N–H and O–H groups in total. The summed E-state index contributed by atoms with van der Waals surface area (Å²) < 4.78 is 5.45. The standard InChI is InChI=1S/C16H24N4O/c1-4-21-13-8-7-12-14(19-13)20-15(18-12)16(2,3)11-6-5-9-17-10-11/h7-8,11,17H,4-6,9-10H2,1-3H3,(H,18,19,20). The lowest BCUT2D eigenvalue weighted by molar-refractivity contribution is 0.243. The number of fused-ring (bicyclic) bond motifs is 1. The van der Waals surface area contributed by atoms with Gasteiger partial charge in [0.05, 0.1) is 12.1 Å². The molecule has 114 valence electrons. The summed E-state index contributed by atoms with van der Waals surface area (Å²) in [7, 11) is 0. The van der Waals surface area contributed by atoms with Gasteiger partial charge in [-0.2, -0.15) is 4.98 Å². The van der Waals surface area contributed by atoms with Crippen LogP contribution in [0.3, 0.4) is 0 Å². The zero-order valence-electron chi connectivity index (χ0n) is 13.1. The molecule has 1 unspecified atom stereocenters. The smallest absolute Gasteiger partial charge is 0.215 e. The number of ether oxygens (including phenoxy) is 1. The van der Waals surface area contributed by atoms with Crippen molar-refractivity contribution in [1.82, 2.24) is 20.3 Å². The Morgan fingerprint density at radius 3 is 2.90 bits per heavy atom. The van der Waals surface area contributed by atoms with Crippen molar-refractivity contribution in [3.05, 3.63) is 18.0 Å². The van der Waals surface area contributed by atoms with E-state index in [9.17, 15) is 0 Å². The fourth-order valence-electron chi connectivity index (χ4n) is 3.07. The van der Waals surface area contributed by atoms with Crippen molar-refractivity contribution in [1.29, 1.82) is 0 Å². The highest BCUT2D eigenvalue weighted by Crippen LogP contribution is 2.34. The molecule has 3 heterocycles.